The van der Waals surface area contributed by atoms with E-state index in [1.54, 1.807) is 0 Å². The number of ketones is 1. The minimum Gasteiger partial charge on any atom is -0.463 e. The first kappa shape index (κ1) is 12.9. The number of methoxy groups -OCH3 is 1. The number of hydrogen-bond donors (Lipinski definition) is 0. The third kappa shape index (κ3) is 2.51. The normalized spacial score (nSPS) is 12.0. The zero-order valence-corrected chi connectivity index (χ0v) is 9.68. The van der Waals surface area contributed by atoms with Crippen LogP contribution in [0.2, 0.25) is 5.02 Å². The van der Waals surface area contributed by atoms with Crippen LogP contribution in [0.15, 0.2) is 18.2 Å². The van der Waals surface area contributed by atoms with Gasteiger partial charge in [-0.05, 0) is 6.07 Å². The van der Waals surface area contributed by atoms with Gasteiger partial charge in [0.25, 0.3) is 5.78 Å². The second-order valence-corrected chi connectivity index (χ2v) is 3.71. The molecule has 0 aliphatic carbocycles. The Morgan fingerprint density at radius 2 is 2.06 bits per heavy atom. The van der Waals surface area contributed by atoms with E-state index in [0.29, 0.717) is 0 Å². The van der Waals surface area contributed by atoms with Crippen LogP contribution in [0.3, 0.4) is 0 Å². The Morgan fingerprint density at radius 1 is 1.44 bits per heavy atom. The Hall–Kier alpha value is -1.13. The van der Waals surface area contributed by atoms with E-state index in [1.807, 2.05) is 0 Å². The molecule has 0 bridgehead atoms. The molecule has 1 unspecified atom stereocenters. The molecular formula is C10H7Cl2FO3. The highest BCUT2D eigenvalue weighted by Gasteiger charge is 2.28. The number of esters is 1. The largest absolute Gasteiger partial charge is 0.463 e. The molecule has 0 saturated heterocycles. The topological polar surface area (TPSA) is 43.4 Å². The van der Waals surface area contributed by atoms with Gasteiger partial charge in [0, 0.05) is 5.56 Å². The van der Waals surface area contributed by atoms with E-state index >= 15 is 0 Å². The van der Waals surface area contributed by atoms with Gasteiger partial charge in [-0.3, -0.25) is 4.79 Å². The van der Waals surface area contributed by atoms with Crippen LogP contribution in [-0.4, -0.2) is 18.9 Å². The third-order valence-electron chi connectivity index (χ3n) is 1.87. The van der Waals surface area contributed by atoms with Crippen molar-refractivity contribution in [3.8, 4) is 0 Å². The number of rotatable bonds is 3. The standard InChI is InChI=1S/C10H7Cl2FO3/c1-16-10(15)9(14)7(12)5-3-2-4-6(11)8(5)13/h2-4,7H,1H3. The molecular weight excluding hydrogens is 258 g/mol. The zero-order valence-electron chi connectivity index (χ0n) is 8.17. The van der Waals surface area contributed by atoms with E-state index in [1.165, 1.54) is 18.2 Å². The first-order valence-electron chi connectivity index (χ1n) is 4.19. The molecule has 0 aliphatic rings. The van der Waals surface area contributed by atoms with Gasteiger partial charge >= 0.3 is 5.97 Å². The second-order valence-electron chi connectivity index (χ2n) is 2.86. The summed E-state index contributed by atoms with van der Waals surface area (Å²) in [5, 5.41) is -1.60. The molecule has 16 heavy (non-hydrogen) atoms. The van der Waals surface area contributed by atoms with E-state index in [0.717, 1.165) is 7.11 Å². The highest BCUT2D eigenvalue weighted by Crippen LogP contribution is 2.28. The van der Waals surface area contributed by atoms with Crippen molar-refractivity contribution in [1.29, 1.82) is 0 Å². The Morgan fingerprint density at radius 3 is 2.62 bits per heavy atom. The molecule has 0 fully saturated rings. The lowest BCUT2D eigenvalue weighted by molar-refractivity contribution is -0.151. The average molecular weight is 265 g/mol. The highest BCUT2D eigenvalue weighted by atomic mass is 35.5. The van der Waals surface area contributed by atoms with Crippen molar-refractivity contribution in [2.75, 3.05) is 7.11 Å². The van der Waals surface area contributed by atoms with E-state index in [2.05, 4.69) is 4.74 Å². The van der Waals surface area contributed by atoms with Crippen molar-refractivity contribution in [1.82, 2.24) is 0 Å². The van der Waals surface area contributed by atoms with Crippen LogP contribution in [0.5, 0.6) is 0 Å². The van der Waals surface area contributed by atoms with E-state index in [4.69, 9.17) is 23.2 Å². The van der Waals surface area contributed by atoms with Crippen LogP contribution in [0.25, 0.3) is 0 Å². The summed E-state index contributed by atoms with van der Waals surface area (Å²) < 4.78 is 17.7. The van der Waals surface area contributed by atoms with Crippen LogP contribution in [0, 0.1) is 5.82 Å². The molecule has 3 nitrogen and oxygen atoms in total. The van der Waals surface area contributed by atoms with Gasteiger partial charge in [0.1, 0.15) is 11.2 Å². The Labute approximate surface area is 101 Å². The summed E-state index contributed by atoms with van der Waals surface area (Å²) in [7, 11) is 1.04. The van der Waals surface area contributed by atoms with Crippen molar-refractivity contribution < 1.29 is 18.7 Å². The van der Waals surface area contributed by atoms with Gasteiger partial charge in [0.05, 0.1) is 12.1 Å². The molecule has 86 valence electrons. The number of carbonyl (C=O) groups is 2. The van der Waals surface area contributed by atoms with Crippen LogP contribution >= 0.6 is 23.2 Å². The maximum Gasteiger partial charge on any atom is 0.376 e. The fourth-order valence-electron chi connectivity index (χ4n) is 1.06. The van der Waals surface area contributed by atoms with Gasteiger partial charge in [0.2, 0.25) is 0 Å². The van der Waals surface area contributed by atoms with E-state index in [9.17, 15) is 14.0 Å². The molecule has 1 aromatic rings. The molecule has 0 aromatic heterocycles. The fourth-order valence-corrected chi connectivity index (χ4v) is 1.50. The van der Waals surface area contributed by atoms with Gasteiger partial charge in [-0.2, -0.15) is 0 Å². The molecule has 6 heteroatoms. The third-order valence-corrected chi connectivity index (χ3v) is 2.60. The Kier molecular flexibility index (Phi) is 4.26. The van der Waals surface area contributed by atoms with Gasteiger partial charge in [0.15, 0.2) is 0 Å². The predicted octanol–water partition coefficient (Wildman–Crippen LogP) is 2.50. The van der Waals surface area contributed by atoms with Crippen LogP contribution < -0.4 is 0 Å². The smallest absolute Gasteiger partial charge is 0.376 e. The Bertz CT molecular complexity index is 434. The molecule has 1 atom stereocenters. The lowest BCUT2D eigenvalue weighted by Crippen LogP contribution is -2.20. The van der Waals surface area contributed by atoms with Crippen LogP contribution in [-0.2, 0) is 14.3 Å². The lowest BCUT2D eigenvalue weighted by atomic mass is 10.1. The maximum absolute atomic E-state index is 13.5. The summed E-state index contributed by atoms with van der Waals surface area (Å²) in [6, 6.07) is 4.02. The van der Waals surface area contributed by atoms with Crippen molar-refractivity contribution in [2.45, 2.75) is 5.38 Å². The number of hydrogen-bond acceptors (Lipinski definition) is 3. The van der Waals surface area contributed by atoms with Crippen molar-refractivity contribution in [3.63, 3.8) is 0 Å². The molecule has 0 amide bonds. The SMILES string of the molecule is COC(=O)C(=O)C(Cl)c1cccc(Cl)c1F. The molecule has 0 saturated carbocycles. The quantitative estimate of drug-likeness (QED) is 0.479. The first-order valence-corrected chi connectivity index (χ1v) is 5.00. The molecule has 0 spiro atoms. The summed E-state index contributed by atoms with van der Waals surface area (Å²) in [6.07, 6.45) is 0. The average Bonchev–Trinajstić information content (AvgIpc) is 2.29. The minimum atomic E-state index is -1.44. The van der Waals surface area contributed by atoms with Gasteiger partial charge < -0.3 is 4.74 Å². The summed E-state index contributed by atoms with van der Waals surface area (Å²) >= 11 is 11.2. The molecule has 1 aromatic carbocycles. The van der Waals surface area contributed by atoms with Gasteiger partial charge in [-0.25, -0.2) is 9.18 Å². The number of Topliss-reactive ketones (excluding diaryl/α,β-unsaturated/α-hetero) is 1. The molecule has 0 radical (unpaired) electrons. The van der Waals surface area contributed by atoms with Crippen LogP contribution in [0.1, 0.15) is 10.9 Å². The maximum atomic E-state index is 13.5. The summed E-state index contributed by atoms with van der Waals surface area (Å²) in [6.45, 7) is 0. The monoisotopic (exact) mass is 264 g/mol. The minimum absolute atomic E-state index is 0.149. The lowest BCUT2D eigenvalue weighted by Gasteiger charge is -2.08. The number of ether oxygens (including phenoxy) is 1. The predicted molar refractivity (Wildman–Crippen MR) is 57.0 cm³/mol. The number of carbonyl (C=O) groups excluding carboxylic acids is 2. The number of alkyl halides is 1. The van der Waals surface area contributed by atoms with E-state index < -0.39 is 22.9 Å². The molecule has 0 aliphatic heterocycles. The summed E-state index contributed by atoms with van der Waals surface area (Å²) in [5.74, 6) is -2.98. The highest BCUT2D eigenvalue weighted by molar-refractivity contribution is 6.47. The molecule has 0 heterocycles. The Balaban J connectivity index is 3.05. The first-order chi connectivity index (χ1) is 7.49. The van der Waals surface area contributed by atoms with Gasteiger partial charge in [-0.1, -0.05) is 23.7 Å². The molecule has 1 rings (SSSR count). The van der Waals surface area contributed by atoms with Gasteiger partial charge in [-0.15, -0.1) is 11.6 Å². The second kappa shape index (κ2) is 5.27. The van der Waals surface area contributed by atoms with Crippen molar-refractivity contribution in [2.24, 2.45) is 0 Å². The van der Waals surface area contributed by atoms with Crippen molar-refractivity contribution in [3.05, 3.63) is 34.6 Å². The number of halogens is 3. The van der Waals surface area contributed by atoms with Crippen molar-refractivity contribution >= 4 is 35.0 Å². The summed E-state index contributed by atoms with van der Waals surface area (Å²) in [4.78, 5) is 22.2. The van der Waals surface area contributed by atoms with E-state index in [-0.39, 0.29) is 10.6 Å². The van der Waals surface area contributed by atoms with Crippen LogP contribution in [0.4, 0.5) is 4.39 Å². The zero-order chi connectivity index (χ0) is 12.3. The molecule has 0 N–H and O–H groups in total. The summed E-state index contributed by atoms with van der Waals surface area (Å²) in [5.41, 5.74) is -0.149. The fraction of sp³-hybridized carbons (Fsp3) is 0.200. The number of benzene rings is 1.